The minimum Gasteiger partial charge on any atom is -0.334 e. The monoisotopic (exact) mass is 233 g/mol. The van der Waals surface area contributed by atoms with Gasteiger partial charge in [-0.25, -0.2) is 4.98 Å². The maximum atomic E-state index is 12.3. The quantitative estimate of drug-likeness (QED) is 0.791. The Kier molecular flexibility index (Phi) is 3.43. The van der Waals surface area contributed by atoms with Gasteiger partial charge in [-0.3, -0.25) is 4.79 Å². The first-order valence-corrected chi connectivity index (χ1v) is 6.04. The molecule has 2 rings (SSSR count). The predicted octanol–water partition coefficient (Wildman–Crippen LogP) is 1.13. The number of piperazine rings is 1. The van der Waals surface area contributed by atoms with Gasteiger partial charge >= 0.3 is 0 Å². The number of nitrogens with zero attached hydrogens (tertiary/aromatic N) is 2. The first-order valence-electron chi connectivity index (χ1n) is 6.04. The molecular formula is C13H19N3O. The second-order valence-corrected chi connectivity index (χ2v) is 4.78. The van der Waals surface area contributed by atoms with Gasteiger partial charge in [-0.2, -0.15) is 0 Å². The minimum atomic E-state index is 0.0464. The van der Waals surface area contributed by atoms with Crippen LogP contribution in [0.4, 0.5) is 0 Å². The summed E-state index contributed by atoms with van der Waals surface area (Å²) in [5, 5.41) is 3.33. The zero-order chi connectivity index (χ0) is 12.4. The van der Waals surface area contributed by atoms with E-state index in [1.54, 1.807) is 0 Å². The molecule has 1 amide bonds. The summed E-state index contributed by atoms with van der Waals surface area (Å²) in [5.41, 5.74) is 2.55. The van der Waals surface area contributed by atoms with Crippen molar-refractivity contribution in [3.8, 4) is 0 Å². The molecule has 0 aliphatic carbocycles. The molecule has 0 unspecified atom stereocenters. The average Bonchev–Trinajstić information content (AvgIpc) is 2.26. The molecule has 0 saturated carbocycles. The van der Waals surface area contributed by atoms with Crippen LogP contribution in [0.3, 0.4) is 0 Å². The summed E-state index contributed by atoms with van der Waals surface area (Å²) in [7, 11) is 0. The van der Waals surface area contributed by atoms with Crippen molar-refractivity contribution in [2.45, 2.75) is 26.8 Å². The van der Waals surface area contributed by atoms with Crippen molar-refractivity contribution < 1.29 is 4.79 Å². The summed E-state index contributed by atoms with van der Waals surface area (Å²) in [6.07, 6.45) is 0. The van der Waals surface area contributed by atoms with E-state index in [1.165, 1.54) is 0 Å². The molecule has 0 spiro atoms. The van der Waals surface area contributed by atoms with Gasteiger partial charge in [0.05, 0.1) is 0 Å². The molecule has 1 N–H and O–H groups in total. The molecule has 1 fully saturated rings. The number of aryl methyl sites for hydroxylation is 2. The van der Waals surface area contributed by atoms with Gasteiger partial charge in [0, 0.05) is 31.4 Å². The van der Waals surface area contributed by atoms with Gasteiger partial charge in [0.1, 0.15) is 5.69 Å². The highest BCUT2D eigenvalue weighted by Crippen LogP contribution is 2.09. The maximum absolute atomic E-state index is 12.3. The molecule has 92 valence electrons. The number of carbonyl (C=O) groups excluding carboxylic acids is 1. The van der Waals surface area contributed by atoms with E-state index in [0.29, 0.717) is 11.7 Å². The Hall–Kier alpha value is -1.42. The SMILES string of the molecule is Cc1cc(C)nc(C(=O)N2CCN[C@H](C)C2)c1. The Bertz CT molecular complexity index is 410. The first-order chi connectivity index (χ1) is 8.06. The average molecular weight is 233 g/mol. The smallest absolute Gasteiger partial charge is 0.272 e. The van der Waals surface area contributed by atoms with Gasteiger partial charge in [-0.05, 0) is 38.5 Å². The first kappa shape index (κ1) is 12.0. The van der Waals surface area contributed by atoms with E-state index in [-0.39, 0.29) is 5.91 Å². The number of carbonyl (C=O) groups is 1. The van der Waals surface area contributed by atoms with E-state index < -0.39 is 0 Å². The highest BCUT2D eigenvalue weighted by Gasteiger charge is 2.22. The van der Waals surface area contributed by atoms with Gasteiger partial charge in [-0.15, -0.1) is 0 Å². The molecule has 1 aromatic rings. The largest absolute Gasteiger partial charge is 0.334 e. The second-order valence-electron chi connectivity index (χ2n) is 4.78. The van der Waals surface area contributed by atoms with Crippen LogP contribution in [0.25, 0.3) is 0 Å². The summed E-state index contributed by atoms with van der Waals surface area (Å²) in [5.74, 6) is 0.0464. The number of nitrogens with one attached hydrogen (secondary N) is 1. The molecule has 17 heavy (non-hydrogen) atoms. The van der Waals surface area contributed by atoms with E-state index in [2.05, 4.69) is 17.2 Å². The van der Waals surface area contributed by atoms with Crippen LogP contribution >= 0.6 is 0 Å². The van der Waals surface area contributed by atoms with Crippen LogP contribution in [-0.2, 0) is 0 Å². The minimum absolute atomic E-state index is 0.0464. The third kappa shape index (κ3) is 2.82. The third-order valence-electron chi connectivity index (χ3n) is 2.97. The molecule has 1 atom stereocenters. The van der Waals surface area contributed by atoms with Crippen LogP contribution in [0.1, 0.15) is 28.7 Å². The van der Waals surface area contributed by atoms with Gasteiger partial charge < -0.3 is 10.2 Å². The lowest BCUT2D eigenvalue weighted by molar-refractivity contribution is 0.0703. The number of pyridine rings is 1. The Labute approximate surface area is 102 Å². The normalized spacial score (nSPS) is 20.4. The molecule has 1 aliphatic heterocycles. The highest BCUT2D eigenvalue weighted by molar-refractivity contribution is 5.92. The molecule has 1 saturated heterocycles. The molecule has 1 aliphatic rings. The summed E-state index contributed by atoms with van der Waals surface area (Å²) >= 11 is 0. The van der Waals surface area contributed by atoms with E-state index in [9.17, 15) is 4.79 Å². The topological polar surface area (TPSA) is 45.2 Å². The van der Waals surface area contributed by atoms with Gasteiger partial charge in [0.25, 0.3) is 5.91 Å². The fraction of sp³-hybridized carbons (Fsp3) is 0.538. The van der Waals surface area contributed by atoms with E-state index in [0.717, 1.165) is 30.9 Å². The number of amides is 1. The van der Waals surface area contributed by atoms with Crippen LogP contribution in [0.5, 0.6) is 0 Å². The maximum Gasteiger partial charge on any atom is 0.272 e. The van der Waals surface area contributed by atoms with Crippen LogP contribution < -0.4 is 5.32 Å². The Morgan fingerprint density at radius 3 is 2.88 bits per heavy atom. The van der Waals surface area contributed by atoms with Crippen molar-refractivity contribution in [3.63, 3.8) is 0 Å². The van der Waals surface area contributed by atoms with E-state index in [4.69, 9.17) is 0 Å². The van der Waals surface area contributed by atoms with Crippen molar-refractivity contribution in [1.82, 2.24) is 15.2 Å². The van der Waals surface area contributed by atoms with Gasteiger partial charge in [0.2, 0.25) is 0 Å². The van der Waals surface area contributed by atoms with Crippen molar-refractivity contribution in [3.05, 3.63) is 29.1 Å². The molecule has 2 heterocycles. The molecule has 4 heteroatoms. The summed E-state index contributed by atoms with van der Waals surface area (Å²) in [6.45, 7) is 8.38. The lowest BCUT2D eigenvalue weighted by Crippen LogP contribution is -2.51. The van der Waals surface area contributed by atoms with Gasteiger partial charge in [0.15, 0.2) is 0 Å². The lowest BCUT2D eigenvalue weighted by atomic mass is 10.1. The zero-order valence-electron chi connectivity index (χ0n) is 10.7. The lowest BCUT2D eigenvalue weighted by Gasteiger charge is -2.31. The molecule has 0 bridgehead atoms. The van der Waals surface area contributed by atoms with Crippen LogP contribution in [-0.4, -0.2) is 41.5 Å². The van der Waals surface area contributed by atoms with Crippen LogP contribution in [0, 0.1) is 13.8 Å². The molecule has 0 radical (unpaired) electrons. The Morgan fingerprint density at radius 1 is 1.47 bits per heavy atom. The number of rotatable bonds is 1. The number of hydrogen-bond acceptors (Lipinski definition) is 3. The standard InChI is InChI=1S/C13H19N3O/c1-9-6-10(2)15-12(7-9)13(17)16-5-4-14-11(3)8-16/h6-7,11,14H,4-5,8H2,1-3H3/t11-/m1/s1. The number of hydrogen-bond donors (Lipinski definition) is 1. The van der Waals surface area contributed by atoms with Gasteiger partial charge in [-0.1, -0.05) is 0 Å². The van der Waals surface area contributed by atoms with Crippen molar-refractivity contribution in [2.75, 3.05) is 19.6 Å². The fourth-order valence-corrected chi connectivity index (χ4v) is 2.23. The van der Waals surface area contributed by atoms with Crippen molar-refractivity contribution in [2.24, 2.45) is 0 Å². The number of aromatic nitrogens is 1. The molecule has 1 aromatic heterocycles. The molecule has 4 nitrogen and oxygen atoms in total. The summed E-state index contributed by atoms with van der Waals surface area (Å²) in [6, 6.07) is 4.21. The van der Waals surface area contributed by atoms with Crippen molar-refractivity contribution in [1.29, 1.82) is 0 Å². The van der Waals surface area contributed by atoms with E-state index >= 15 is 0 Å². The van der Waals surface area contributed by atoms with Crippen LogP contribution in [0.15, 0.2) is 12.1 Å². The molecular weight excluding hydrogens is 214 g/mol. The third-order valence-corrected chi connectivity index (χ3v) is 2.97. The predicted molar refractivity (Wildman–Crippen MR) is 67.1 cm³/mol. The Morgan fingerprint density at radius 2 is 2.24 bits per heavy atom. The van der Waals surface area contributed by atoms with Crippen LogP contribution in [0.2, 0.25) is 0 Å². The Balaban J connectivity index is 2.18. The highest BCUT2D eigenvalue weighted by atomic mass is 16.2. The summed E-state index contributed by atoms with van der Waals surface area (Å²) in [4.78, 5) is 18.5. The fourth-order valence-electron chi connectivity index (χ4n) is 2.23. The zero-order valence-corrected chi connectivity index (χ0v) is 10.7. The second kappa shape index (κ2) is 4.84. The summed E-state index contributed by atoms with van der Waals surface area (Å²) < 4.78 is 0. The van der Waals surface area contributed by atoms with E-state index in [1.807, 2.05) is 30.9 Å². The van der Waals surface area contributed by atoms with Crippen molar-refractivity contribution >= 4 is 5.91 Å². The molecule has 0 aromatic carbocycles.